The highest BCUT2D eigenvalue weighted by molar-refractivity contribution is 7.19. The van der Waals surface area contributed by atoms with E-state index in [1.165, 1.54) is 11.3 Å². The fourth-order valence-corrected chi connectivity index (χ4v) is 3.70. The Morgan fingerprint density at radius 2 is 1.86 bits per heavy atom. The molecular weight excluding hydrogens is 386 g/mol. The van der Waals surface area contributed by atoms with Crippen molar-refractivity contribution in [2.75, 3.05) is 5.32 Å². The van der Waals surface area contributed by atoms with Crippen molar-refractivity contribution in [1.82, 2.24) is 19.8 Å². The topological polar surface area (TPSA) is 81.4 Å². The summed E-state index contributed by atoms with van der Waals surface area (Å²) < 4.78 is 7.61. The van der Waals surface area contributed by atoms with E-state index < -0.39 is 5.60 Å². The predicted molar refractivity (Wildman–Crippen MR) is 113 cm³/mol. The molecule has 0 saturated heterocycles. The van der Waals surface area contributed by atoms with Crippen molar-refractivity contribution in [3.05, 3.63) is 59.9 Å². The third-order valence-electron chi connectivity index (χ3n) is 4.54. The molecule has 29 heavy (non-hydrogen) atoms. The number of aromatic nitrogens is 4. The number of fused-ring (bicyclic) bond motifs is 1. The van der Waals surface area contributed by atoms with Crippen molar-refractivity contribution in [2.45, 2.75) is 33.3 Å². The zero-order valence-electron chi connectivity index (χ0n) is 16.6. The Bertz CT molecular complexity index is 1180. The summed E-state index contributed by atoms with van der Waals surface area (Å²) in [7, 11) is 0. The number of para-hydroxylation sites is 1. The molecule has 0 unspecified atom stereocenters. The first-order valence-electron chi connectivity index (χ1n) is 9.19. The highest BCUT2D eigenvalue weighted by atomic mass is 32.1. The molecule has 0 radical (unpaired) electrons. The maximum atomic E-state index is 12.9. The molecule has 148 valence electrons. The normalized spacial score (nSPS) is 11.6. The van der Waals surface area contributed by atoms with E-state index >= 15 is 0 Å². The number of rotatable bonds is 5. The highest BCUT2D eigenvalue weighted by Crippen LogP contribution is 2.30. The number of benzene rings is 2. The first-order chi connectivity index (χ1) is 13.8. The second kappa shape index (κ2) is 7.29. The molecule has 0 bridgehead atoms. The highest BCUT2D eigenvalue weighted by Gasteiger charge is 2.30. The van der Waals surface area contributed by atoms with Crippen molar-refractivity contribution in [1.29, 1.82) is 0 Å². The van der Waals surface area contributed by atoms with Crippen LogP contribution in [0, 0.1) is 13.8 Å². The summed E-state index contributed by atoms with van der Waals surface area (Å²) >= 11 is 1.45. The van der Waals surface area contributed by atoms with Gasteiger partial charge in [-0.1, -0.05) is 41.7 Å². The third kappa shape index (κ3) is 3.84. The van der Waals surface area contributed by atoms with Gasteiger partial charge in [-0.2, -0.15) is 9.61 Å². The number of aryl methyl sites for hydroxylation is 2. The van der Waals surface area contributed by atoms with Crippen LogP contribution in [-0.4, -0.2) is 31.3 Å². The van der Waals surface area contributed by atoms with Gasteiger partial charge in [0.25, 0.3) is 5.91 Å². The summed E-state index contributed by atoms with van der Waals surface area (Å²) in [5.74, 6) is 1.16. The number of anilines is 1. The number of ether oxygens (including phenoxy) is 1. The molecule has 2 heterocycles. The third-order valence-corrected chi connectivity index (χ3v) is 5.49. The molecule has 0 aliphatic heterocycles. The van der Waals surface area contributed by atoms with Gasteiger partial charge in [0, 0.05) is 11.3 Å². The Hall–Kier alpha value is -3.26. The standard InChI is InChI=1S/C21H21N5O2S/c1-13-10-11-15(18-25-26-14(2)23-24-20(26)29-18)12-17(13)22-19(27)21(3,4)28-16-8-6-5-7-9-16/h5-12H,1-4H3,(H,22,27). The summed E-state index contributed by atoms with van der Waals surface area (Å²) in [5.41, 5.74) is 1.55. The van der Waals surface area contributed by atoms with Crippen LogP contribution >= 0.6 is 11.3 Å². The van der Waals surface area contributed by atoms with Gasteiger partial charge in [0.15, 0.2) is 11.4 Å². The molecule has 1 amide bonds. The van der Waals surface area contributed by atoms with Gasteiger partial charge in [-0.15, -0.1) is 10.2 Å². The van der Waals surface area contributed by atoms with Crippen LogP contribution < -0.4 is 10.1 Å². The van der Waals surface area contributed by atoms with Crippen molar-refractivity contribution < 1.29 is 9.53 Å². The van der Waals surface area contributed by atoms with Crippen LogP contribution in [0.2, 0.25) is 0 Å². The van der Waals surface area contributed by atoms with E-state index in [4.69, 9.17) is 4.74 Å². The van der Waals surface area contributed by atoms with Gasteiger partial charge in [-0.3, -0.25) is 4.79 Å². The number of nitrogens with one attached hydrogen (secondary N) is 1. The summed E-state index contributed by atoms with van der Waals surface area (Å²) in [5, 5.41) is 16.5. The monoisotopic (exact) mass is 407 g/mol. The van der Waals surface area contributed by atoms with Crippen LogP contribution in [0.3, 0.4) is 0 Å². The van der Waals surface area contributed by atoms with Crippen LogP contribution in [0.15, 0.2) is 48.5 Å². The van der Waals surface area contributed by atoms with Gasteiger partial charge in [0.2, 0.25) is 4.96 Å². The summed E-state index contributed by atoms with van der Waals surface area (Å²) in [6.07, 6.45) is 0. The first-order valence-corrected chi connectivity index (χ1v) is 10.0. The lowest BCUT2D eigenvalue weighted by atomic mass is 10.1. The molecule has 4 rings (SSSR count). The van der Waals surface area contributed by atoms with Gasteiger partial charge in [-0.05, 0) is 51.5 Å². The maximum absolute atomic E-state index is 12.9. The lowest BCUT2D eigenvalue weighted by Crippen LogP contribution is -2.42. The quantitative estimate of drug-likeness (QED) is 0.534. The Morgan fingerprint density at radius 1 is 1.10 bits per heavy atom. The van der Waals surface area contributed by atoms with Crippen LogP contribution in [0.25, 0.3) is 15.5 Å². The van der Waals surface area contributed by atoms with E-state index in [0.29, 0.717) is 5.75 Å². The Balaban J connectivity index is 1.58. The molecule has 2 aromatic carbocycles. The Kier molecular flexibility index (Phi) is 4.79. The number of hydrogen-bond donors (Lipinski definition) is 1. The van der Waals surface area contributed by atoms with Crippen LogP contribution in [0.1, 0.15) is 25.2 Å². The van der Waals surface area contributed by atoms with Gasteiger partial charge in [0.1, 0.15) is 10.8 Å². The molecule has 8 heteroatoms. The van der Waals surface area contributed by atoms with E-state index in [1.54, 1.807) is 18.4 Å². The molecule has 0 atom stereocenters. The summed E-state index contributed by atoms with van der Waals surface area (Å²) in [6.45, 7) is 7.31. The van der Waals surface area contributed by atoms with E-state index in [0.717, 1.165) is 32.6 Å². The van der Waals surface area contributed by atoms with E-state index in [1.807, 2.05) is 62.4 Å². The Labute approximate surface area is 172 Å². The van der Waals surface area contributed by atoms with Crippen LogP contribution in [-0.2, 0) is 4.79 Å². The predicted octanol–water partition coefficient (Wildman–Crippen LogP) is 4.27. The molecule has 0 aliphatic rings. The minimum Gasteiger partial charge on any atom is -0.478 e. The number of hydrogen-bond acceptors (Lipinski definition) is 6. The lowest BCUT2D eigenvalue weighted by Gasteiger charge is -2.25. The summed E-state index contributed by atoms with van der Waals surface area (Å²) in [4.78, 5) is 13.6. The Morgan fingerprint density at radius 3 is 2.59 bits per heavy atom. The minimum absolute atomic E-state index is 0.226. The zero-order chi connectivity index (χ0) is 20.6. The van der Waals surface area contributed by atoms with E-state index in [9.17, 15) is 4.79 Å². The fraction of sp³-hybridized carbons (Fsp3) is 0.238. The number of nitrogens with zero attached hydrogens (tertiary/aromatic N) is 4. The fourth-order valence-electron chi connectivity index (χ4n) is 2.82. The molecule has 0 spiro atoms. The lowest BCUT2D eigenvalue weighted by molar-refractivity contribution is -0.128. The molecule has 1 N–H and O–H groups in total. The molecule has 7 nitrogen and oxygen atoms in total. The van der Waals surface area contributed by atoms with Gasteiger partial charge in [-0.25, -0.2) is 0 Å². The SMILES string of the molecule is Cc1ccc(-c2nn3c(C)nnc3s2)cc1NC(=O)C(C)(C)Oc1ccccc1. The average Bonchev–Trinajstić information content (AvgIpc) is 3.26. The smallest absolute Gasteiger partial charge is 0.267 e. The minimum atomic E-state index is -1.03. The zero-order valence-corrected chi connectivity index (χ0v) is 17.4. The molecule has 0 saturated carbocycles. The second-order valence-electron chi connectivity index (χ2n) is 7.26. The van der Waals surface area contributed by atoms with Gasteiger partial charge in [0.05, 0.1) is 0 Å². The average molecular weight is 407 g/mol. The number of carbonyl (C=O) groups is 1. The van der Waals surface area contributed by atoms with Crippen LogP contribution in [0.5, 0.6) is 5.75 Å². The second-order valence-corrected chi connectivity index (χ2v) is 8.21. The molecular formula is C21H21N5O2S. The van der Waals surface area contributed by atoms with Gasteiger partial charge < -0.3 is 10.1 Å². The first kappa shape index (κ1) is 19.1. The molecule has 2 aromatic heterocycles. The van der Waals surface area contributed by atoms with Crippen molar-refractivity contribution in [3.8, 4) is 16.3 Å². The van der Waals surface area contributed by atoms with Gasteiger partial charge >= 0.3 is 0 Å². The number of carbonyl (C=O) groups excluding carboxylic acids is 1. The number of amides is 1. The van der Waals surface area contributed by atoms with Crippen molar-refractivity contribution in [2.24, 2.45) is 0 Å². The molecule has 0 aliphatic carbocycles. The molecule has 0 fully saturated rings. The van der Waals surface area contributed by atoms with Crippen LogP contribution in [0.4, 0.5) is 5.69 Å². The van der Waals surface area contributed by atoms with Crippen molar-refractivity contribution in [3.63, 3.8) is 0 Å². The van der Waals surface area contributed by atoms with E-state index in [-0.39, 0.29) is 5.91 Å². The van der Waals surface area contributed by atoms with Crippen molar-refractivity contribution >= 4 is 27.9 Å². The van der Waals surface area contributed by atoms with E-state index in [2.05, 4.69) is 20.6 Å². The maximum Gasteiger partial charge on any atom is 0.267 e. The molecule has 4 aromatic rings. The largest absolute Gasteiger partial charge is 0.478 e. The summed E-state index contributed by atoms with van der Waals surface area (Å²) in [6, 6.07) is 15.2.